The molecule has 0 saturated carbocycles. The van der Waals surface area contributed by atoms with Crippen LogP contribution in [0.3, 0.4) is 0 Å². The molecule has 90 valence electrons. The van der Waals surface area contributed by atoms with Crippen LogP contribution in [-0.2, 0) is 0 Å². The number of nitrogens with one attached hydrogen (secondary N) is 1. The molecule has 1 heterocycles. The maximum Gasteiger partial charge on any atom is 0.122 e. The van der Waals surface area contributed by atoms with Gasteiger partial charge in [0.25, 0.3) is 0 Å². The molecule has 0 bridgehead atoms. The first-order valence-electron chi connectivity index (χ1n) is 5.39. The second-order valence-corrected chi connectivity index (χ2v) is 4.41. The summed E-state index contributed by atoms with van der Waals surface area (Å²) in [7, 11) is 0. The number of benzene rings is 1. The van der Waals surface area contributed by atoms with Crippen molar-refractivity contribution in [3.05, 3.63) is 28.8 Å². The van der Waals surface area contributed by atoms with Crippen LogP contribution in [0.1, 0.15) is 18.4 Å². The minimum absolute atomic E-state index is 0. The lowest BCUT2D eigenvalue weighted by molar-refractivity contribution is 0.161. The molecule has 0 atom stereocenters. The summed E-state index contributed by atoms with van der Waals surface area (Å²) in [6, 6.07) is 5.78. The highest BCUT2D eigenvalue weighted by atomic mass is 35.5. The standard InChI is InChI=1S/C12H16ClNO.ClH/c1-9-8-10(13)2-3-12(9)15-11-4-6-14-7-5-11;/h2-3,8,11,14H,4-7H2,1H3;1H. The van der Waals surface area contributed by atoms with E-state index in [4.69, 9.17) is 16.3 Å². The van der Waals surface area contributed by atoms with E-state index in [-0.39, 0.29) is 12.4 Å². The zero-order valence-corrected chi connectivity index (χ0v) is 10.9. The molecule has 1 aromatic carbocycles. The Labute approximate surface area is 108 Å². The molecule has 1 aliphatic heterocycles. The van der Waals surface area contributed by atoms with E-state index in [1.807, 2.05) is 25.1 Å². The Morgan fingerprint density at radius 2 is 2.00 bits per heavy atom. The molecule has 0 amide bonds. The Morgan fingerprint density at radius 3 is 2.62 bits per heavy atom. The van der Waals surface area contributed by atoms with E-state index >= 15 is 0 Å². The van der Waals surface area contributed by atoms with Crippen LogP contribution in [-0.4, -0.2) is 19.2 Å². The summed E-state index contributed by atoms with van der Waals surface area (Å²) in [5.74, 6) is 0.964. The lowest BCUT2D eigenvalue weighted by atomic mass is 10.1. The summed E-state index contributed by atoms with van der Waals surface area (Å²) < 4.78 is 5.94. The highest BCUT2D eigenvalue weighted by molar-refractivity contribution is 6.30. The van der Waals surface area contributed by atoms with Gasteiger partial charge in [-0.2, -0.15) is 0 Å². The minimum Gasteiger partial charge on any atom is -0.490 e. The molecule has 0 unspecified atom stereocenters. The third-order valence-electron chi connectivity index (χ3n) is 2.72. The molecule has 0 spiro atoms. The van der Waals surface area contributed by atoms with Gasteiger partial charge in [0.2, 0.25) is 0 Å². The van der Waals surface area contributed by atoms with Gasteiger partial charge in [-0.15, -0.1) is 12.4 Å². The van der Waals surface area contributed by atoms with E-state index in [1.54, 1.807) is 0 Å². The normalized spacial score (nSPS) is 16.6. The van der Waals surface area contributed by atoms with Crippen LogP contribution in [0.25, 0.3) is 0 Å². The van der Waals surface area contributed by atoms with Gasteiger partial charge in [0, 0.05) is 5.02 Å². The van der Waals surface area contributed by atoms with Gasteiger partial charge in [-0.25, -0.2) is 0 Å². The van der Waals surface area contributed by atoms with Gasteiger partial charge in [0.05, 0.1) is 0 Å². The third-order valence-corrected chi connectivity index (χ3v) is 2.95. The zero-order valence-electron chi connectivity index (χ0n) is 9.33. The number of aryl methyl sites for hydroxylation is 1. The van der Waals surface area contributed by atoms with Gasteiger partial charge in [-0.3, -0.25) is 0 Å². The van der Waals surface area contributed by atoms with E-state index in [1.165, 1.54) is 0 Å². The van der Waals surface area contributed by atoms with Crippen LogP contribution in [0.2, 0.25) is 5.02 Å². The molecule has 0 aromatic heterocycles. The average molecular weight is 262 g/mol. The summed E-state index contributed by atoms with van der Waals surface area (Å²) in [5.41, 5.74) is 1.11. The number of ether oxygens (including phenoxy) is 1. The van der Waals surface area contributed by atoms with Gasteiger partial charge >= 0.3 is 0 Å². The van der Waals surface area contributed by atoms with E-state index in [0.29, 0.717) is 6.10 Å². The molecule has 1 N–H and O–H groups in total. The van der Waals surface area contributed by atoms with Crippen molar-refractivity contribution >= 4 is 24.0 Å². The molecule has 16 heavy (non-hydrogen) atoms. The Hall–Kier alpha value is -0.440. The molecule has 2 rings (SSSR count). The van der Waals surface area contributed by atoms with Gasteiger partial charge in [0.15, 0.2) is 0 Å². The quantitative estimate of drug-likeness (QED) is 0.883. The summed E-state index contributed by atoms with van der Waals surface area (Å²) in [4.78, 5) is 0. The predicted molar refractivity (Wildman–Crippen MR) is 70.0 cm³/mol. The van der Waals surface area contributed by atoms with Crippen LogP contribution < -0.4 is 10.1 Å². The first-order valence-corrected chi connectivity index (χ1v) is 5.77. The summed E-state index contributed by atoms with van der Waals surface area (Å²) in [6.07, 6.45) is 2.52. The van der Waals surface area contributed by atoms with Gasteiger partial charge in [-0.1, -0.05) is 11.6 Å². The minimum atomic E-state index is 0. The van der Waals surface area contributed by atoms with Crippen molar-refractivity contribution in [2.45, 2.75) is 25.9 Å². The molecule has 1 saturated heterocycles. The fourth-order valence-electron chi connectivity index (χ4n) is 1.84. The summed E-state index contributed by atoms with van der Waals surface area (Å²) in [5, 5.41) is 4.09. The van der Waals surface area contributed by atoms with E-state index in [2.05, 4.69) is 5.32 Å². The summed E-state index contributed by atoms with van der Waals surface area (Å²) in [6.45, 7) is 4.14. The highest BCUT2D eigenvalue weighted by Gasteiger charge is 2.15. The third kappa shape index (κ3) is 3.55. The van der Waals surface area contributed by atoms with Crippen LogP contribution in [0, 0.1) is 6.92 Å². The van der Waals surface area contributed by atoms with Crippen LogP contribution in [0.5, 0.6) is 5.75 Å². The molecule has 1 aromatic rings. The molecular weight excluding hydrogens is 245 g/mol. The van der Waals surface area contributed by atoms with E-state index in [0.717, 1.165) is 42.3 Å². The van der Waals surface area contributed by atoms with E-state index < -0.39 is 0 Å². The predicted octanol–water partition coefficient (Wildman–Crippen LogP) is 3.20. The number of hydrogen-bond acceptors (Lipinski definition) is 2. The van der Waals surface area contributed by atoms with Crippen LogP contribution in [0.15, 0.2) is 18.2 Å². The number of rotatable bonds is 2. The Kier molecular flexibility index (Phi) is 5.39. The van der Waals surface area contributed by atoms with Gasteiger partial charge < -0.3 is 10.1 Å². The van der Waals surface area contributed by atoms with Gasteiger partial charge in [0.1, 0.15) is 11.9 Å². The number of halogens is 2. The van der Waals surface area contributed by atoms with Crippen molar-refractivity contribution in [2.24, 2.45) is 0 Å². The number of piperidine rings is 1. The second kappa shape index (κ2) is 6.33. The van der Waals surface area contributed by atoms with Gasteiger partial charge in [-0.05, 0) is 56.6 Å². The highest BCUT2D eigenvalue weighted by Crippen LogP contribution is 2.24. The lowest BCUT2D eigenvalue weighted by Gasteiger charge is -2.24. The SMILES string of the molecule is Cc1cc(Cl)ccc1OC1CCNCC1.Cl. The van der Waals surface area contributed by atoms with Crippen molar-refractivity contribution < 1.29 is 4.74 Å². The number of hydrogen-bond donors (Lipinski definition) is 1. The Bertz CT molecular complexity index is 338. The monoisotopic (exact) mass is 261 g/mol. The van der Waals surface area contributed by atoms with Crippen molar-refractivity contribution in [3.8, 4) is 5.75 Å². The Morgan fingerprint density at radius 1 is 1.31 bits per heavy atom. The molecule has 1 fully saturated rings. The average Bonchev–Trinajstić information content (AvgIpc) is 2.24. The Balaban J connectivity index is 0.00000128. The fourth-order valence-corrected chi connectivity index (χ4v) is 2.06. The summed E-state index contributed by atoms with van der Waals surface area (Å²) >= 11 is 5.89. The molecule has 2 nitrogen and oxygen atoms in total. The van der Waals surface area contributed by atoms with Crippen molar-refractivity contribution in [3.63, 3.8) is 0 Å². The van der Waals surface area contributed by atoms with E-state index in [9.17, 15) is 0 Å². The second-order valence-electron chi connectivity index (χ2n) is 3.98. The lowest BCUT2D eigenvalue weighted by Crippen LogP contribution is -2.34. The van der Waals surface area contributed by atoms with Crippen molar-refractivity contribution in [2.75, 3.05) is 13.1 Å². The fraction of sp³-hybridized carbons (Fsp3) is 0.500. The maximum atomic E-state index is 5.94. The molecule has 4 heteroatoms. The maximum absolute atomic E-state index is 5.94. The molecular formula is C12H17Cl2NO. The van der Waals surface area contributed by atoms with Crippen molar-refractivity contribution in [1.82, 2.24) is 5.32 Å². The zero-order chi connectivity index (χ0) is 10.7. The topological polar surface area (TPSA) is 21.3 Å². The first-order chi connectivity index (χ1) is 7.25. The smallest absolute Gasteiger partial charge is 0.122 e. The first kappa shape index (κ1) is 13.6. The largest absolute Gasteiger partial charge is 0.490 e. The molecule has 0 aliphatic carbocycles. The molecule has 1 aliphatic rings. The van der Waals surface area contributed by atoms with Crippen LogP contribution in [0.4, 0.5) is 0 Å². The molecule has 0 radical (unpaired) electrons. The van der Waals surface area contributed by atoms with Crippen LogP contribution >= 0.6 is 24.0 Å². The van der Waals surface area contributed by atoms with Crippen molar-refractivity contribution in [1.29, 1.82) is 0 Å².